The molecule has 0 fully saturated rings. The van der Waals surface area contributed by atoms with Crippen LogP contribution in [0.25, 0.3) is 0 Å². The largest absolute Gasteiger partial charge is 0.352 e. The Balaban J connectivity index is 2.54. The maximum absolute atomic E-state index is 12.0. The van der Waals surface area contributed by atoms with Crippen molar-refractivity contribution in [2.75, 3.05) is 19.0 Å². The second-order valence-electron chi connectivity index (χ2n) is 3.17. The lowest BCUT2D eigenvalue weighted by molar-refractivity contribution is -0.120. The molecule has 0 saturated heterocycles. The van der Waals surface area contributed by atoms with Gasteiger partial charge in [-0.1, -0.05) is 18.2 Å². The number of hydrogen-bond acceptors (Lipinski definition) is 3. The summed E-state index contributed by atoms with van der Waals surface area (Å²) in [7, 11) is -1.07. The molecule has 1 rings (SSSR count). The highest BCUT2D eigenvalue weighted by molar-refractivity contribution is 7.85. The van der Waals surface area contributed by atoms with Gasteiger partial charge in [0.2, 0.25) is 0 Å². The van der Waals surface area contributed by atoms with Crippen molar-refractivity contribution < 1.29 is 13.7 Å². The molecular weight excluding hydrogens is 224 g/mol. The van der Waals surface area contributed by atoms with Crippen LogP contribution in [0.15, 0.2) is 35.2 Å². The predicted octanol–water partition coefficient (Wildman–Crippen LogP) is 2.19. The van der Waals surface area contributed by atoms with Gasteiger partial charge in [-0.15, -0.1) is 0 Å². The van der Waals surface area contributed by atoms with Gasteiger partial charge < -0.3 is 9.47 Å². The lowest BCUT2D eigenvalue weighted by atomic mass is 10.4. The fourth-order valence-corrected chi connectivity index (χ4v) is 2.40. The van der Waals surface area contributed by atoms with Crippen LogP contribution in [-0.4, -0.2) is 29.5 Å². The normalized spacial score (nSPS) is 12.9. The van der Waals surface area contributed by atoms with Crippen LogP contribution in [0.4, 0.5) is 0 Å². The molecule has 1 aromatic rings. The molecule has 1 aromatic carbocycles. The van der Waals surface area contributed by atoms with E-state index >= 15 is 0 Å². The first-order valence-electron chi connectivity index (χ1n) is 5.44. The Morgan fingerprint density at radius 1 is 1.12 bits per heavy atom. The zero-order chi connectivity index (χ0) is 11.8. The lowest BCUT2D eigenvalue weighted by Crippen LogP contribution is -2.24. The third-order valence-corrected chi connectivity index (χ3v) is 3.37. The highest BCUT2D eigenvalue weighted by atomic mass is 32.2. The minimum atomic E-state index is -1.07. The van der Waals surface area contributed by atoms with Gasteiger partial charge in [-0.3, -0.25) is 4.21 Å². The first-order valence-corrected chi connectivity index (χ1v) is 6.76. The van der Waals surface area contributed by atoms with Gasteiger partial charge in [0.05, 0.1) is 16.6 Å². The van der Waals surface area contributed by atoms with Crippen molar-refractivity contribution in [3.05, 3.63) is 30.3 Å². The quantitative estimate of drug-likeness (QED) is 0.688. The minimum absolute atomic E-state index is 0.379. The first kappa shape index (κ1) is 13.4. The summed E-state index contributed by atoms with van der Waals surface area (Å²) in [5.41, 5.74) is 0. The Labute approximate surface area is 99.2 Å². The van der Waals surface area contributed by atoms with Crippen LogP contribution in [-0.2, 0) is 20.3 Å². The van der Waals surface area contributed by atoms with E-state index in [1.54, 1.807) is 0 Å². The molecule has 0 amide bonds. The van der Waals surface area contributed by atoms with E-state index in [0.29, 0.717) is 19.0 Å². The average molecular weight is 242 g/mol. The molecule has 0 saturated carbocycles. The van der Waals surface area contributed by atoms with E-state index in [-0.39, 0.29) is 6.29 Å². The van der Waals surface area contributed by atoms with E-state index < -0.39 is 10.8 Å². The van der Waals surface area contributed by atoms with Gasteiger partial charge in [0.15, 0.2) is 6.29 Å². The smallest absolute Gasteiger partial charge is 0.169 e. The third-order valence-electron chi connectivity index (χ3n) is 2.00. The number of rotatable bonds is 7. The van der Waals surface area contributed by atoms with Gasteiger partial charge in [-0.2, -0.15) is 0 Å². The van der Waals surface area contributed by atoms with E-state index in [1.165, 1.54) is 0 Å². The van der Waals surface area contributed by atoms with Crippen LogP contribution in [0.3, 0.4) is 0 Å². The molecule has 0 heterocycles. The van der Waals surface area contributed by atoms with Crippen molar-refractivity contribution in [2.24, 2.45) is 0 Å². The van der Waals surface area contributed by atoms with E-state index in [0.717, 1.165) is 4.90 Å². The van der Waals surface area contributed by atoms with Crippen LogP contribution in [0.1, 0.15) is 13.8 Å². The SMILES string of the molecule is CCOC(CS(=O)c1ccccc1)OCC. The summed E-state index contributed by atoms with van der Waals surface area (Å²) < 4.78 is 22.7. The number of hydrogen-bond donors (Lipinski definition) is 0. The molecule has 0 bridgehead atoms. The molecule has 16 heavy (non-hydrogen) atoms. The molecule has 0 aliphatic rings. The summed E-state index contributed by atoms with van der Waals surface area (Å²) in [6.07, 6.45) is -0.379. The van der Waals surface area contributed by atoms with Crippen molar-refractivity contribution in [1.82, 2.24) is 0 Å². The van der Waals surface area contributed by atoms with E-state index in [1.807, 2.05) is 44.2 Å². The van der Waals surface area contributed by atoms with Crippen molar-refractivity contribution >= 4 is 10.8 Å². The minimum Gasteiger partial charge on any atom is -0.352 e. The average Bonchev–Trinajstić information content (AvgIpc) is 2.31. The Bertz CT molecular complexity index is 307. The maximum Gasteiger partial charge on any atom is 0.169 e. The molecule has 0 aliphatic carbocycles. The van der Waals surface area contributed by atoms with Gasteiger partial charge in [-0.25, -0.2) is 0 Å². The second kappa shape index (κ2) is 7.54. The molecule has 0 N–H and O–H groups in total. The van der Waals surface area contributed by atoms with E-state index in [2.05, 4.69) is 0 Å². The standard InChI is InChI=1S/C12H18O3S/c1-3-14-12(15-4-2)10-16(13)11-8-6-5-7-9-11/h5-9,12H,3-4,10H2,1-2H3. The van der Waals surface area contributed by atoms with Crippen molar-refractivity contribution in [1.29, 1.82) is 0 Å². The summed E-state index contributed by atoms with van der Waals surface area (Å²) in [5.74, 6) is 0.381. The maximum atomic E-state index is 12.0. The van der Waals surface area contributed by atoms with Gasteiger partial charge in [0.1, 0.15) is 0 Å². The highest BCUT2D eigenvalue weighted by Crippen LogP contribution is 2.08. The van der Waals surface area contributed by atoms with E-state index in [9.17, 15) is 4.21 Å². The van der Waals surface area contributed by atoms with Crippen LogP contribution < -0.4 is 0 Å². The van der Waals surface area contributed by atoms with Crippen LogP contribution in [0.2, 0.25) is 0 Å². The van der Waals surface area contributed by atoms with Gasteiger partial charge >= 0.3 is 0 Å². The van der Waals surface area contributed by atoms with Gasteiger partial charge in [-0.05, 0) is 26.0 Å². The predicted molar refractivity (Wildman–Crippen MR) is 64.8 cm³/mol. The number of benzene rings is 1. The molecular formula is C12H18O3S. The second-order valence-corrected chi connectivity index (χ2v) is 4.66. The lowest BCUT2D eigenvalue weighted by Gasteiger charge is -2.16. The van der Waals surface area contributed by atoms with Crippen LogP contribution >= 0.6 is 0 Å². The van der Waals surface area contributed by atoms with Crippen molar-refractivity contribution in [3.8, 4) is 0 Å². The Morgan fingerprint density at radius 3 is 2.19 bits per heavy atom. The summed E-state index contributed by atoms with van der Waals surface area (Å²) in [6.45, 7) is 4.93. The zero-order valence-electron chi connectivity index (χ0n) is 9.72. The molecule has 0 aromatic heterocycles. The van der Waals surface area contributed by atoms with Crippen LogP contribution in [0, 0.1) is 0 Å². The van der Waals surface area contributed by atoms with Crippen LogP contribution in [0.5, 0.6) is 0 Å². The first-order chi connectivity index (χ1) is 7.77. The highest BCUT2D eigenvalue weighted by Gasteiger charge is 2.13. The Hall–Kier alpha value is -0.710. The van der Waals surface area contributed by atoms with Gasteiger partial charge in [0, 0.05) is 18.1 Å². The molecule has 3 nitrogen and oxygen atoms in total. The van der Waals surface area contributed by atoms with Crippen molar-refractivity contribution in [2.45, 2.75) is 25.0 Å². The summed E-state index contributed by atoms with van der Waals surface area (Å²) >= 11 is 0. The third kappa shape index (κ3) is 4.43. The summed E-state index contributed by atoms with van der Waals surface area (Å²) in [4.78, 5) is 0.812. The molecule has 4 heteroatoms. The summed E-state index contributed by atoms with van der Waals surface area (Å²) in [5, 5.41) is 0. The Morgan fingerprint density at radius 2 is 1.69 bits per heavy atom. The Kier molecular flexibility index (Phi) is 6.30. The van der Waals surface area contributed by atoms with Crippen molar-refractivity contribution in [3.63, 3.8) is 0 Å². The molecule has 0 aliphatic heterocycles. The molecule has 0 spiro atoms. The molecule has 1 atom stereocenters. The van der Waals surface area contributed by atoms with E-state index in [4.69, 9.17) is 9.47 Å². The molecule has 90 valence electrons. The number of ether oxygens (including phenoxy) is 2. The summed E-state index contributed by atoms with van der Waals surface area (Å²) in [6, 6.07) is 9.37. The molecule has 1 unspecified atom stereocenters. The monoisotopic (exact) mass is 242 g/mol. The molecule has 0 radical (unpaired) electrons. The van der Waals surface area contributed by atoms with Gasteiger partial charge in [0.25, 0.3) is 0 Å². The zero-order valence-corrected chi connectivity index (χ0v) is 10.5. The fourth-order valence-electron chi connectivity index (χ4n) is 1.31. The fraction of sp³-hybridized carbons (Fsp3) is 0.500. The topological polar surface area (TPSA) is 35.5 Å².